The van der Waals surface area contributed by atoms with Crippen LogP contribution < -0.4 is 5.73 Å². The van der Waals surface area contributed by atoms with E-state index >= 15 is 0 Å². The number of aliphatic carboxylic acids is 1. The van der Waals surface area contributed by atoms with E-state index in [1.165, 1.54) is 0 Å². The average Bonchev–Trinajstić information content (AvgIpc) is 2.09. The molecule has 0 saturated heterocycles. The minimum atomic E-state index is -2.96. The number of nitrogen functional groups attached to an aromatic ring is 1. The van der Waals surface area contributed by atoms with Crippen molar-refractivity contribution in [2.24, 2.45) is 0 Å². The lowest BCUT2D eigenvalue weighted by Crippen LogP contribution is -2.08. The van der Waals surface area contributed by atoms with E-state index in [1.54, 1.807) is 0 Å². The van der Waals surface area contributed by atoms with Crippen molar-refractivity contribution in [2.45, 2.75) is 12.8 Å². The van der Waals surface area contributed by atoms with E-state index < -0.39 is 36.0 Å². The summed E-state index contributed by atoms with van der Waals surface area (Å²) in [4.78, 5) is 13.4. The van der Waals surface area contributed by atoms with Crippen molar-refractivity contribution in [1.82, 2.24) is 4.98 Å². The minimum Gasteiger partial charge on any atom is -0.481 e. The van der Waals surface area contributed by atoms with Crippen LogP contribution in [-0.2, 0) is 11.2 Å². The number of nitrogens with two attached hydrogens (primary N) is 1. The van der Waals surface area contributed by atoms with Gasteiger partial charge in [0.15, 0.2) is 0 Å². The molecule has 1 aromatic rings. The molecule has 0 aliphatic rings. The van der Waals surface area contributed by atoms with Gasteiger partial charge >= 0.3 is 5.97 Å². The highest BCUT2D eigenvalue weighted by Crippen LogP contribution is 2.26. The van der Waals surface area contributed by atoms with Crippen LogP contribution in [0.25, 0.3) is 0 Å². The average molecular weight is 220 g/mol. The summed E-state index contributed by atoms with van der Waals surface area (Å²) < 4.78 is 37.5. The second-order valence-electron chi connectivity index (χ2n) is 2.78. The molecule has 0 amide bonds. The number of halogens is 3. The quantitative estimate of drug-likeness (QED) is 0.754. The lowest BCUT2D eigenvalue weighted by Gasteiger charge is -2.06. The Morgan fingerprint density at radius 3 is 2.67 bits per heavy atom. The Balaban J connectivity index is 3.17. The lowest BCUT2D eigenvalue weighted by atomic mass is 10.1. The molecule has 4 nitrogen and oxygen atoms in total. The van der Waals surface area contributed by atoms with Crippen LogP contribution in [0.4, 0.5) is 18.9 Å². The number of carboxylic acid groups (broad SMARTS) is 1. The number of anilines is 1. The molecule has 0 saturated carbocycles. The van der Waals surface area contributed by atoms with E-state index in [1.807, 2.05) is 0 Å². The molecule has 82 valence electrons. The summed E-state index contributed by atoms with van der Waals surface area (Å²) in [5, 5.41) is 8.38. The molecule has 0 radical (unpaired) electrons. The van der Waals surface area contributed by atoms with Crippen LogP contribution in [0.3, 0.4) is 0 Å². The Kier molecular flexibility index (Phi) is 3.13. The normalized spacial score (nSPS) is 10.7. The van der Waals surface area contributed by atoms with E-state index in [2.05, 4.69) is 4.98 Å². The van der Waals surface area contributed by atoms with Crippen molar-refractivity contribution in [3.05, 3.63) is 23.3 Å². The minimum absolute atomic E-state index is 0.287. The van der Waals surface area contributed by atoms with E-state index in [0.717, 1.165) is 6.07 Å². The number of aromatic nitrogens is 1. The van der Waals surface area contributed by atoms with Crippen LogP contribution in [0.1, 0.15) is 17.7 Å². The Morgan fingerprint density at radius 2 is 2.20 bits per heavy atom. The summed E-state index contributed by atoms with van der Waals surface area (Å²) in [5.74, 6) is -2.56. The molecule has 0 aromatic carbocycles. The summed E-state index contributed by atoms with van der Waals surface area (Å²) in [6.07, 6.45) is -3.59. The topological polar surface area (TPSA) is 76.2 Å². The molecular formula is C8H7F3N2O2. The molecule has 0 unspecified atom stereocenters. The van der Waals surface area contributed by atoms with Crippen LogP contribution in [0.2, 0.25) is 0 Å². The molecule has 7 heteroatoms. The third-order valence-electron chi connectivity index (χ3n) is 1.66. The standard InChI is InChI=1S/C8H7F3N2O2/c9-7(10)4-1-3(2-5(14)15)13-8(11)6(4)12/h1,7H,2,12H2,(H,14,15). The van der Waals surface area contributed by atoms with Crippen LogP contribution in [0, 0.1) is 5.95 Å². The molecule has 0 bridgehead atoms. The monoisotopic (exact) mass is 220 g/mol. The molecule has 1 rings (SSSR count). The van der Waals surface area contributed by atoms with Gasteiger partial charge in [0.25, 0.3) is 6.43 Å². The maximum Gasteiger partial charge on any atom is 0.309 e. The fraction of sp³-hybridized carbons (Fsp3) is 0.250. The van der Waals surface area contributed by atoms with Gasteiger partial charge in [0.1, 0.15) is 0 Å². The van der Waals surface area contributed by atoms with E-state index in [4.69, 9.17) is 10.8 Å². The van der Waals surface area contributed by atoms with Crippen molar-refractivity contribution in [1.29, 1.82) is 0 Å². The summed E-state index contributed by atoms with van der Waals surface area (Å²) in [6, 6.07) is 0.789. The molecular weight excluding hydrogens is 213 g/mol. The van der Waals surface area contributed by atoms with Crippen LogP contribution in [0.15, 0.2) is 6.07 Å². The fourth-order valence-electron chi connectivity index (χ4n) is 1.02. The van der Waals surface area contributed by atoms with Crippen LogP contribution in [-0.4, -0.2) is 16.1 Å². The van der Waals surface area contributed by atoms with Crippen molar-refractivity contribution in [2.75, 3.05) is 5.73 Å². The number of hydrogen-bond acceptors (Lipinski definition) is 3. The van der Waals surface area contributed by atoms with Gasteiger partial charge in [-0.3, -0.25) is 4.79 Å². The third kappa shape index (κ3) is 2.58. The van der Waals surface area contributed by atoms with E-state index in [-0.39, 0.29) is 5.69 Å². The predicted octanol–water partition coefficient (Wildman–Crippen LogP) is 1.37. The zero-order valence-electron chi connectivity index (χ0n) is 7.38. The number of alkyl halides is 2. The van der Waals surface area contributed by atoms with E-state index in [9.17, 15) is 18.0 Å². The third-order valence-corrected chi connectivity index (χ3v) is 1.66. The maximum absolute atomic E-state index is 12.9. The first kappa shape index (κ1) is 11.3. The highest BCUT2D eigenvalue weighted by Gasteiger charge is 2.18. The number of carbonyl (C=O) groups is 1. The second kappa shape index (κ2) is 4.16. The Morgan fingerprint density at radius 1 is 1.60 bits per heavy atom. The van der Waals surface area contributed by atoms with Gasteiger partial charge in [0.2, 0.25) is 5.95 Å². The highest BCUT2D eigenvalue weighted by atomic mass is 19.3. The fourth-order valence-corrected chi connectivity index (χ4v) is 1.02. The van der Waals surface area contributed by atoms with Gasteiger partial charge < -0.3 is 10.8 Å². The zero-order chi connectivity index (χ0) is 11.6. The number of carboxylic acids is 1. The lowest BCUT2D eigenvalue weighted by molar-refractivity contribution is -0.136. The predicted molar refractivity (Wildman–Crippen MR) is 44.9 cm³/mol. The van der Waals surface area contributed by atoms with Crippen molar-refractivity contribution < 1.29 is 23.1 Å². The second-order valence-corrected chi connectivity index (χ2v) is 2.78. The van der Waals surface area contributed by atoms with Gasteiger partial charge in [-0.25, -0.2) is 13.8 Å². The SMILES string of the molecule is Nc1c(C(F)F)cc(CC(=O)O)nc1F. The van der Waals surface area contributed by atoms with Crippen molar-refractivity contribution in [3.8, 4) is 0 Å². The van der Waals surface area contributed by atoms with Gasteiger partial charge in [0, 0.05) is 5.56 Å². The van der Waals surface area contributed by atoms with Gasteiger partial charge in [0.05, 0.1) is 17.8 Å². The summed E-state index contributed by atoms with van der Waals surface area (Å²) in [6.45, 7) is 0. The van der Waals surface area contributed by atoms with E-state index in [0.29, 0.717) is 0 Å². The van der Waals surface area contributed by atoms with Gasteiger partial charge in [-0.15, -0.1) is 0 Å². The first-order valence-electron chi connectivity index (χ1n) is 3.86. The zero-order valence-corrected chi connectivity index (χ0v) is 7.38. The summed E-state index contributed by atoms with van der Waals surface area (Å²) in [7, 11) is 0. The largest absolute Gasteiger partial charge is 0.481 e. The number of nitrogens with zero attached hydrogens (tertiary/aromatic N) is 1. The van der Waals surface area contributed by atoms with Gasteiger partial charge in [-0.2, -0.15) is 4.39 Å². The molecule has 0 aliphatic carbocycles. The van der Waals surface area contributed by atoms with Crippen molar-refractivity contribution >= 4 is 11.7 Å². The Hall–Kier alpha value is -1.79. The molecule has 15 heavy (non-hydrogen) atoms. The molecule has 1 aromatic heterocycles. The molecule has 0 aliphatic heterocycles. The van der Waals surface area contributed by atoms with Crippen LogP contribution >= 0.6 is 0 Å². The van der Waals surface area contributed by atoms with Gasteiger partial charge in [-0.05, 0) is 6.07 Å². The number of pyridine rings is 1. The molecule has 0 fully saturated rings. The first-order valence-corrected chi connectivity index (χ1v) is 3.86. The molecule has 0 atom stereocenters. The van der Waals surface area contributed by atoms with Crippen molar-refractivity contribution in [3.63, 3.8) is 0 Å². The first-order chi connectivity index (χ1) is 6.91. The van der Waals surface area contributed by atoms with Gasteiger partial charge in [-0.1, -0.05) is 0 Å². The highest BCUT2D eigenvalue weighted by molar-refractivity contribution is 5.69. The summed E-state index contributed by atoms with van der Waals surface area (Å²) >= 11 is 0. The Bertz CT molecular complexity index is 396. The maximum atomic E-state index is 12.9. The molecule has 1 heterocycles. The number of rotatable bonds is 3. The van der Waals surface area contributed by atoms with Crippen LogP contribution in [0.5, 0.6) is 0 Å². The number of hydrogen-bond donors (Lipinski definition) is 2. The smallest absolute Gasteiger partial charge is 0.309 e. The Labute approximate surface area is 82.5 Å². The molecule has 3 N–H and O–H groups in total. The summed E-state index contributed by atoms with van der Waals surface area (Å²) in [5.41, 5.74) is 3.24. The molecule has 0 spiro atoms.